The molecule has 1 fully saturated rings. The molecular weight excluding hydrogens is 467 g/mol. The summed E-state index contributed by atoms with van der Waals surface area (Å²) in [5.74, 6) is 2.71. The van der Waals surface area contributed by atoms with Crippen LogP contribution in [0.25, 0.3) is 0 Å². The quantitative estimate of drug-likeness (QED) is 0.348. The Bertz CT molecular complexity index is 696. The van der Waals surface area contributed by atoms with E-state index in [9.17, 15) is 0 Å². The van der Waals surface area contributed by atoms with Crippen LogP contribution in [0.15, 0.2) is 46.1 Å². The number of anilines is 1. The molecule has 154 valence electrons. The van der Waals surface area contributed by atoms with E-state index < -0.39 is 0 Å². The summed E-state index contributed by atoms with van der Waals surface area (Å²) in [6, 6.07) is 8.06. The predicted molar refractivity (Wildman–Crippen MR) is 124 cm³/mol. The van der Waals surface area contributed by atoms with Gasteiger partial charge in [-0.25, -0.2) is 9.98 Å². The third-order valence-electron chi connectivity index (χ3n) is 4.73. The van der Waals surface area contributed by atoms with Crippen LogP contribution in [0.4, 0.5) is 5.82 Å². The lowest BCUT2D eigenvalue weighted by molar-refractivity contribution is 0.270. The third kappa shape index (κ3) is 6.66. The van der Waals surface area contributed by atoms with Crippen molar-refractivity contribution in [1.82, 2.24) is 20.5 Å². The Hall–Kier alpha value is -1.81. The number of guanidine groups is 1. The van der Waals surface area contributed by atoms with Gasteiger partial charge in [-0.1, -0.05) is 13.0 Å². The second-order valence-electron chi connectivity index (χ2n) is 6.57. The van der Waals surface area contributed by atoms with Crippen LogP contribution < -0.4 is 15.5 Å². The van der Waals surface area contributed by atoms with Crippen molar-refractivity contribution in [2.45, 2.75) is 26.9 Å². The van der Waals surface area contributed by atoms with Gasteiger partial charge in [0.1, 0.15) is 11.6 Å². The van der Waals surface area contributed by atoms with Crippen molar-refractivity contribution in [2.24, 2.45) is 4.99 Å². The van der Waals surface area contributed by atoms with E-state index in [1.165, 1.54) is 0 Å². The van der Waals surface area contributed by atoms with E-state index in [-0.39, 0.29) is 24.0 Å². The summed E-state index contributed by atoms with van der Waals surface area (Å²) in [7, 11) is 0. The molecule has 0 aromatic carbocycles. The number of piperazine rings is 1. The highest BCUT2D eigenvalue weighted by Gasteiger charge is 2.16. The first-order valence-electron chi connectivity index (χ1n) is 9.75. The topological polar surface area (TPSA) is 68.9 Å². The predicted octanol–water partition coefficient (Wildman–Crippen LogP) is 2.69. The number of hydrogen-bond acceptors (Lipinski definition) is 5. The van der Waals surface area contributed by atoms with Crippen LogP contribution in [-0.2, 0) is 13.1 Å². The Morgan fingerprint density at radius 3 is 2.57 bits per heavy atom. The van der Waals surface area contributed by atoms with E-state index in [0.717, 1.165) is 62.4 Å². The van der Waals surface area contributed by atoms with Crippen molar-refractivity contribution in [3.05, 3.63) is 48.0 Å². The largest absolute Gasteiger partial charge is 0.467 e. The maximum Gasteiger partial charge on any atom is 0.191 e. The summed E-state index contributed by atoms with van der Waals surface area (Å²) in [5, 5.41) is 6.53. The van der Waals surface area contributed by atoms with Gasteiger partial charge in [0.15, 0.2) is 5.96 Å². The molecule has 2 aromatic heterocycles. The molecule has 0 unspecified atom stereocenters. The molecule has 0 atom stereocenters. The molecule has 0 spiro atoms. The average Bonchev–Trinajstić information content (AvgIpc) is 3.24. The summed E-state index contributed by atoms with van der Waals surface area (Å²) < 4.78 is 5.35. The van der Waals surface area contributed by atoms with Gasteiger partial charge in [0, 0.05) is 38.9 Å². The first-order chi connectivity index (χ1) is 13.3. The minimum Gasteiger partial charge on any atom is -0.467 e. The molecule has 1 aliphatic rings. The average molecular weight is 498 g/mol. The summed E-state index contributed by atoms with van der Waals surface area (Å²) in [4.78, 5) is 14.1. The highest BCUT2D eigenvalue weighted by Crippen LogP contribution is 2.14. The molecule has 0 radical (unpaired) electrons. The lowest BCUT2D eigenvalue weighted by Gasteiger charge is -2.34. The van der Waals surface area contributed by atoms with Crippen molar-refractivity contribution in [2.75, 3.05) is 44.2 Å². The molecule has 2 N–H and O–H groups in total. The molecule has 2 aromatic rings. The van der Waals surface area contributed by atoms with E-state index in [1.54, 1.807) is 6.26 Å². The minimum atomic E-state index is 0. The maximum atomic E-state index is 5.35. The fourth-order valence-corrected chi connectivity index (χ4v) is 3.09. The van der Waals surface area contributed by atoms with Gasteiger partial charge < -0.3 is 24.9 Å². The minimum absolute atomic E-state index is 0. The summed E-state index contributed by atoms with van der Waals surface area (Å²) in [5.41, 5.74) is 1.10. The number of hydrogen-bond donors (Lipinski definition) is 2. The Morgan fingerprint density at radius 1 is 1.14 bits per heavy atom. The maximum absolute atomic E-state index is 5.35. The molecule has 3 heterocycles. The van der Waals surface area contributed by atoms with Crippen LogP contribution in [-0.4, -0.2) is 55.1 Å². The van der Waals surface area contributed by atoms with Crippen molar-refractivity contribution in [3.63, 3.8) is 0 Å². The number of nitrogens with zero attached hydrogens (tertiary/aromatic N) is 4. The Labute approximate surface area is 184 Å². The number of rotatable bonds is 7. The molecule has 28 heavy (non-hydrogen) atoms. The van der Waals surface area contributed by atoms with E-state index in [2.05, 4.69) is 56.4 Å². The Kier molecular flexibility index (Phi) is 9.56. The zero-order valence-electron chi connectivity index (χ0n) is 16.7. The van der Waals surface area contributed by atoms with Crippen LogP contribution in [0.1, 0.15) is 25.2 Å². The number of pyridine rings is 1. The van der Waals surface area contributed by atoms with Crippen molar-refractivity contribution < 1.29 is 4.42 Å². The molecule has 1 aliphatic heterocycles. The Morgan fingerprint density at radius 2 is 1.96 bits per heavy atom. The zero-order chi connectivity index (χ0) is 18.9. The first-order valence-corrected chi connectivity index (χ1v) is 9.75. The van der Waals surface area contributed by atoms with Crippen molar-refractivity contribution >= 4 is 35.8 Å². The molecule has 7 nitrogen and oxygen atoms in total. The third-order valence-corrected chi connectivity index (χ3v) is 4.73. The molecule has 0 amide bonds. The van der Waals surface area contributed by atoms with Gasteiger partial charge in [-0.15, -0.1) is 24.0 Å². The number of likely N-dealkylation sites (N-methyl/N-ethyl adjacent to an activating group) is 1. The van der Waals surface area contributed by atoms with Gasteiger partial charge in [0.2, 0.25) is 0 Å². The molecular formula is C20H31IN6O. The standard InChI is InChI=1S/C20H30N6O.HI/c1-3-21-20(24-16-18-6-5-13-27-18)23-15-17-7-8-19(22-14-17)26-11-9-25(4-2)10-12-26;/h5-8,13-14H,3-4,9-12,15-16H2,1-2H3,(H2,21,23,24);1H. The van der Waals surface area contributed by atoms with Gasteiger partial charge in [-0.05, 0) is 37.2 Å². The number of nitrogens with one attached hydrogen (secondary N) is 2. The number of furan rings is 1. The fraction of sp³-hybridized carbons (Fsp3) is 0.500. The van der Waals surface area contributed by atoms with Crippen LogP contribution >= 0.6 is 24.0 Å². The van der Waals surface area contributed by atoms with Crippen LogP contribution in [0.3, 0.4) is 0 Å². The van der Waals surface area contributed by atoms with E-state index in [1.807, 2.05) is 18.3 Å². The molecule has 0 saturated carbocycles. The SMILES string of the molecule is CCNC(=NCc1ccc(N2CCN(CC)CC2)nc1)NCc1ccco1.I. The second-order valence-corrected chi connectivity index (χ2v) is 6.57. The van der Waals surface area contributed by atoms with E-state index in [4.69, 9.17) is 4.42 Å². The van der Waals surface area contributed by atoms with Gasteiger partial charge in [-0.2, -0.15) is 0 Å². The number of halogens is 1. The van der Waals surface area contributed by atoms with Crippen molar-refractivity contribution in [3.8, 4) is 0 Å². The van der Waals surface area contributed by atoms with E-state index in [0.29, 0.717) is 13.1 Å². The molecule has 0 bridgehead atoms. The monoisotopic (exact) mass is 498 g/mol. The molecule has 0 aliphatic carbocycles. The smallest absolute Gasteiger partial charge is 0.191 e. The molecule has 8 heteroatoms. The highest BCUT2D eigenvalue weighted by molar-refractivity contribution is 14.0. The van der Waals surface area contributed by atoms with Crippen LogP contribution in [0.2, 0.25) is 0 Å². The molecule has 3 rings (SSSR count). The zero-order valence-corrected chi connectivity index (χ0v) is 19.1. The van der Waals surface area contributed by atoms with Crippen LogP contribution in [0.5, 0.6) is 0 Å². The van der Waals surface area contributed by atoms with Crippen molar-refractivity contribution in [1.29, 1.82) is 0 Å². The van der Waals surface area contributed by atoms with Gasteiger partial charge in [0.05, 0.1) is 19.4 Å². The second kappa shape index (κ2) is 11.9. The summed E-state index contributed by atoms with van der Waals surface area (Å²) >= 11 is 0. The van der Waals surface area contributed by atoms with Crippen LogP contribution in [0, 0.1) is 0 Å². The number of aromatic nitrogens is 1. The first kappa shape index (κ1) is 22.5. The van der Waals surface area contributed by atoms with E-state index >= 15 is 0 Å². The molecule has 1 saturated heterocycles. The summed E-state index contributed by atoms with van der Waals surface area (Å²) in [6.45, 7) is 11.7. The van der Waals surface area contributed by atoms with Gasteiger partial charge >= 0.3 is 0 Å². The normalized spacial score (nSPS) is 15.2. The summed E-state index contributed by atoms with van der Waals surface area (Å²) in [6.07, 6.45) is 3.61. The fourth-order valence-electron chi connectivity index (χ4n) is 3.09. The number of aliphatic imine (C=N–C) groups is 1. The Balaban J connectivity index is 0.00000280. The van der Waals surface area contributed by atoms with Gasteiger partial charge in [-0.3, -0.25) is 0 Å². The highest BCUT2D eigenvalue weighted by atomic mass is 127. The lowest BCUT2D eigenvalue weighted by atomic mass is 10.2. The van der Waals surface area contributed by atoms with Gasteiger partial charge in [0.25, 0.3) is 0 Å². The lowest BCUT2D eigenvalue weighted by Crippen LogP contribution is -2.46.